The zero-order valence-electron chi connectivity index (χ0n) is 16.2. The molecule has 1 aromatic carbocycles. The summed E-state index contributed by atoms with van der Waals surface area (Å²) in [6.07, 6.45) is -0.642. The van der Waals surface area contributed by atoms with Gasteiger partial charge in [0.1, 0.15) is 17.6 Å². The summed E-state index contributed by atoms with van der Waals surface area (Å²) < 4.78 is 5.86. The highest BCUT2D eigenvalue weighted by Crippen LogP contribution is 2.25. The van der Waals surface area contributed by atoms with Gasteiger partial charge in [-0.15, -0.1) is 0 Å². The third-order valence-corrected chi connectivity index (χ3v) is 4.37. The van der Waals surface area contributed by atoms with E-state index in [4.69, 9.17) is 4.42 Å². The molecule has 0 aliphatic rings. The lowest BCUT2D eigenvalue weighted by molar-refractivity contribution is -0.143. The maximum Gasteiger partial charge on any atom is 0.408 e. The topological polar surface area (TPSA) is 91.0 Å². The van der Waals surface area contributed by atoms with Gasteiger partial charge in [-0.25, -0.2) is 9.59 Å². The van der Waals surface area contributed by atoms with Gasteiger partial charge in [0.25, 0.3) is 0 Å². The average molecular weight is 373 g/mol. The summed E-state index contributed by atoms with van der Waals surface area (Å²) in [5.41, 5.74) is 3.24. The van der Waals surface area contributed by atoms with E-state index in [9.17, 15) is 19.8 Å². The van der Waals surface area contributed by atoms with E-state index in [-0.39, 0.29) is 18.9 Å². The van der Waals surface area contributed by atoms with Crippen molar-refractivity contribution in [2.75, 3.05) is 6.54 Å². The molecule has 1 aromatic heterocycles. The number of furan rings is 1. The lowest BCUT2D eigenvalue weighted by Crippen LogP contribution is -2.46. The van der Waals surface area contributed by atoms with Gasteiger partial charge in [0.15, 0.2) is 0 Å². The highest BCUT2D eigenvalue weighted by molar-refractivity contribution is 5.79. The minimum Gasteiger partial charge on any atom is -0.480 e. The van der Waals surface area contributed by atoms with Crippen molar-refractivity contribution in [1.82, 2.24) is 4.90 Å². The van der Waals surface area contributed by atoms with E-state index in [0.717, 1.165) is 27.4 Å². The molecule has 0 spiro atoms. The number of nitrogens with zero attached hydrogens (tertiary/aromatic N) is 1. The maximum atomic E-state index is 11.6. The zero-order chi connectivity index (χ0) is 20.1. The number of hydrogen-bond acceptors (Lipinski definition) is 3. The molecule has 0 bridgehead atoms. The van der Waals surface area contributed by atoms with Gasteiger partial charge in [-0.1, -0.05) is 31.0 Å². The zero-order valence-corrected chi connectivity index (χ0v) is 16.2. The van der Waals surface area contributed by atoms with Crippen molar-refractivity contribution in [2.24, 2.45) is 5.92 Å². The second kappa shape index (κ2) is 8.75. The summed E-state index contributed by atoms with van der Waals surface area (Å²) >= 11 is 0. The van der Waals surface area contributed by atoms with E-state index in [1.165, 1.54) is 0 Å². The van der Waals surface area contributed by atoms with Crippen LogP contribution in [0.25, 0.3) is 11.3 Å². The number of hydrogen-bond donors (Lipinski definition) is 2. The highest BCUT2D eigenvalue weighted by atomic mass is 16.4. The van der Waals surface area contributed by atoms with Crippen LogP contribution >= 0.6 is 0 Å². The Hall–Kier alpha value is -2.76. The number of aliphatic carboxylic acids is 1. The van der Waals surface area contributed by atoms with Gasteiger partial charge in [0.2, 0.25) is 0 Å². The van der Waals surface area contributed by atoms with E-state index < -0.39 is 18.1 Å². The molecule has 0 saturated carbocycles. The highest BCUT2D eigenvalue weighted by Gasteiger charge is 2.30. The molecule has 1 amide bonds. The fourth-order valence-corrected chi connectivity index (χ4v) is 3.21. The second-order valence-electron chi connectivity index (χ2n) is 7.35. The van der Waals surface area contributed by atoms with Crippen LogP contribution in [0.5, 0.6) is 0 Å². The molecule has 0 aliphatic heterocycles. The Morgan fingerprint density at radius 2 is 1.70 bits per heavy atom. The number of carbonyl (C=O) groups is 2. The minimum atomic E-state index is -1.23. The first-order valence-corrected chi connectivity index (χ1v) is 9.07. The second-order valence-corrected chi connectivity index (χ2v) is 7.35. The number of rotatable bonds is 8. The summed E-state index contributed by atoms with van der Waals surface area (Å²) in [4.78, 5) is 24.1. The van der Waals surface area contributed by atoms with Crippen molar-refractivity contribution in [3.05, 3.63) is 47.2 Å². The number of amides is 1. The normalized spacial score (nSPS) is 12.2. The van der Waals surface area contributed by atoms with Gasteiger partial charge in [-0.05, 0) is 50.5 Å². The largest absolute Gasteiger partial charge is 0.480 e. The first-order valence-electron chi connectivity index (χ1n) is 9.07. The molecule has 2 N–H and O–H groups in total. The predicted molar refractivity (Wildman–Crippen MR) is 103 cm³/mol. The Labute approximate surface area is 159 Å². The maximum absolute atomic E-state index is 11.6. The summed E-state index contributed by atoms with van der Waals surface area (Å²) in [6.45, 7) is 7.85. The van der Waals surface area contributed by atoms with Crippen LogP contribution in [0.15, 0.2) is 34.7 Å². The molecule has 0 fully saturated rings. The average Bonchev–Trinajstić information content (AvgIpc) is 3.01. The lowest BCUT2D eigenvalue weighted by Gasteiger charge is -2.27. The molecule has 0 saturated heterocycles. The Morgan fingerprint density at radius 3 is 2.22 bits per heavy atom. The van der Waals surface area contributed by atoms with Crippen molar-refractivity contribution < 1.29 is 24.2 Å². The Balaban J connectivity index is 2.13. The van der Waals surface area contributed by atoms with Crippen LogP contribution in [0.1, 0.15) is 37.2 Å². The smallest absolute Gasteiger partial charge is 0.408 e. The van der Waals surface area contributed by atoms with Gasteiger partial charge in [-0.3, -0.25) is 4.90 Å². The molecule has 0 aliphatic carbocycles. The van der Waals surface area contributed by atoms with Crippen molar-refractivity contribution in [3.63, 3.8) is 0 Å². The molecule has 1 unspecified atom stereocenters. The SMILES string of the molecule is Cc1cc(C)cc(-c2ccc(CCN(C(=O)O)C(CC(C)C)C(=O)O)o2)c1. The standard InChI is InChI=1S/C21H27NO5/c1-13(2)9-18(20(23)24)22(21(25)26)8-7-17-5-6-19(27-17)16-11-14(3)10-15(4)12-16/h5-6,10-13,18H,7-9H2,1-4H3,(H,23,24)(H,25,26). The first-order chi connectivity index (χ1) is 12.7. The van der Waals surface area contributed by atoms with E-state index in [1.54, 1.807) is 0 Å². The Kier molecular flexibility index (Phi) is 6.66. The number of aryl methyl sites for hydroxylation is 2. The van der Waals surface area contributed by atoms with E-state index >= 15 is 0 Å². The summed E-state index contributed by atoms with van der Waals surface area (Å²) in [5, 5.41) is 18.9. The molecule has 2 rings (SSSR count). The van der Waals surface area contributed by atoms with Crippen LogP contribution in [0.2, 0.25) is 0 Å². The van der Waals surface area contributed by atoms with Crippen LogP contribution < -0.4 is 0 Å². The Bertz CT molecular complexity index is 788. The van der Waals surface area contributed by atoms with E-state index in [0.29, 0.717) is 12.2 Å². The van der Waals surface area contributed by atoms with Crippen LogP contribution in [-0.4, -0.2) is 39.8 Å². The van der Waals surface area contributed by atoms with Crippen molar-refractivity contribution in [3.8, 4) is 11.3 Å². The molecule has 27 heavy (non-hydrogen) atoms. The molecular weight excluding hydrogens is 346 g/mol. The van der Waals surface area contributed by atoms with Crippen LogP contribution in [0, 0.1) is 19.8 Å². The number of benzene rings is 1. The summed E-state index contributed by atoms with van der Waals surface area (Å²) in [6, 6.07) is 8.75. The number of carboxylic acids is 1. The van der Waals surface area contributed by atoms with Gasteiger partial charge in [0, 0.05) is 18.5 Å². The van der Waals surface area contributed by atoms with Gasteiger partial charge in [-0.2, -0.15) is 0 Å². The van der Waals surface area contributed by atoms with Crippen LogP contribution in [-0.2, 0) is 11.2 Å². The molecule has 2 aromatic rings. The van der Waals surface area contributed by atoms with Gasteiger partial charge in [0.05, 0.1) is 0 Å². The Morgan fingerprint density at radius 1 is 1.07 bits per heavy atom. The van der Waals surface area contributed by atoms with Crippen molar-refractivity contribution in [2.45, 2.75) is 46.6 Å². The fourth-order valence-electron chi connectivity index (χ4n) is 3.21. The molecular formula is C21H27NO5. The quantitative estimate of drug-likeness (QED) is 0.706. The summed E-state index contributed by atoms with van der Waals surface area (Å²) in [5.74, 6) is 0.300. The van der Waals surface area contributed by atoms with E-state index in [1.807, 2.05) is 52.0 Å². The predicted octanol–water partition coefficient (Wildman–Crippen LogP) is 4.59. The van der Waals surface area contributed by atoms with Gasteiger partial charge < -0.3 is 14.6 Å². The lowest BCUT2D eigenvalue weighted by atomic mass is 10.0. The monoisotopic (exact) mass is 373 g/mol. The number of carboxylic acid groups (broad SMARTS) is 2. The molecule has 1 heterocycles. The third-order valence-electron chi connectivity index (χ3n) is 4.37. The summed E-state index contributed by atoms with van der Waals surface area (Å²) in [7, 11) is 0. The molecule has 1 atom stereocenters. The molecule has 6 heteroatoms. The van der Waals surface area contributed by atoms with Gasteiger partial charge >= 0.3 is 12.1 Å². The fraction of sp³-hybridized carbons (Fsp3) is 0.429. The van der Waals surface area contributed by atoms with E-state index in [2.05, 4.69) is 6.07 Å². The minimum absolute atomic E-state index is 0.0683. The van der Waals surface area contributed by atoms with Crippen LogP contribution in [0.4, 0.5) is 4.79 Å². The first kappa shape index (κ1) is 20.6. The molecule has 6 nitrogen and oxygen atoms in total. The van der Waals surface area contributed by atoms with Crippen LogP contribution in [0.3, 0.4) is 0 Å². The van der Waals surface area contributed by atoms with Crippen molar-refractivity contribution >= 4 is 12.1 Å². The molecule has 0 radical (unpaired) electrons. The third kappa shape index (κ3) is 5.61. The molecule has 146 valence electrons. The van der Waals surface area contributed by atoms with Crippen molar-refractivity contribution in [1.29, 1.82) is 0 Å².